The first-order valence-electron chi connectivity index (χ1n) is 6.22. The van der Waals surface area contributed by atoms with E-state index in [4.69, 9.17) is 0 Å². The first kappa shape index (κ1) is 13.0. The number of amides is 1. The predicted octanol–water partition coefficient (Wildman–Crippen LogP) is 2.61. The summed E-state index contributed by atoms with van der Waals surface area (Å²) in [5.74, 6) is -0.965. The second-order valence-electron chi connectivity index (χ2n) is 4.84. The van der Waals surface area contributed by atoms with Crippen LogP contribution in [0.3, 0.4) is 0 Å². The van der Waals surface area contributed by atoms with Gasteiger partial charge in [-0.05, 0) is 28.5 Å². The van der Waals surface area contributed by atoms with Crippen molar-refractivity contribution < 1.29 is 14.0 Å². The summed E-state index contributed by atoms with van der Waals surface area (Å²) in [4.78, 5) is 23.7. The number of piperidine rings is 1. The molecule has 1 atom stereocenters. The molecule has 0 radical (unpaired) electrons. The number of hydrogen-bond acceptors (Lipinski definition) is 3. The van der Waals surface area contributed by atoms with Crippen LogP contribution in [-0.4, -0.2) is 11.7 Å². The van der Waals surface area contributed by atoms with Crippen molar-refractivity contribution in [3.05, 3.63) is 58.0 Å². The number of carbonyl (C=O) groups excluding carboxylic acids is 2. The SMILES string of the molecule is O=C1CC(=O)N[C@](c2ccsc2)(c2ccccc2F)C1. The minimum Gasteiger partial charge on any atom is -0.341 e. The van der Waals surface area contributed by atoms with E-state index in [0.29, 0.717) is 5.56 Å². The van der Waals surface area contributed by atoms with E-state index in [2.05, 4.69) is 5.32 Å². The highest BCUT2D eigenvalue weighted by Gasteiger charge is 2.43. The molecule has 2 aromatic rings. The van der Waals surface area contributed by atoms with E-state index >= 15 is 0 Å². The van der Waals surface area contributed by atoms with E-state index in [-0.39, 0.29) is 24.5 Å². The second kappa shape index (κ2) is 4.83. The number of carbonyl (C=O) groups is 2. The number of thiophene rings is 1. The highest BCUT2D eigenvalue weighted by molar-refractivity contribution is 7.08. The largest absolute Gasteiger partial charge is 0.341 e. The summed E-state index contributed by atoms with van der Waals surface area (Å²) in [6.45, 7) is 0. The molecule has 1 aromatic carbocycles. The van der Waals surface area contributed by atoms with Crippen LogP contribution in [-0.2, 0) is 15.1 Å². The van der Waals surface area contributed by atoms with Crippen molar-refractivity contribution in [3.8, 4) is 0 Å². The molecule has 1 fully saturated rings. The van der Waals surface area contributed by atoms with Crippen molar-refractivity contribution in [3.63, 3.8) is 0 Å². The lowest BCUT2D eigenvalue weighted by Crippen LogP contribution is -2.52. The third kappa shape index (κ3) is 2.04. The van der Waals surface area contributed by atoms with Gasteiger partial charge in [0.25, 0.3) is 0 Å². The van der Waals surface area contributed by atoms with Gasteiger partial charge in [0, 0.05) is 12.0 Å². The summed E-state index contributed by atoms with van der Waals surface area (Å²) >= 11 is 1.45. The van der Waals surface area contributed by atoms with Crippen LogP contribution in [0, 0.1) is 5.82 Å². The van der Waals surface area contributed by atoms with Crippen molar-refractivity contribution >= 4 is 23.0 Å². The number of ketones is 1. The van der Waals surface area contributed by atoms with Crippen molar-refractivity contribution in [2.45, 2.75) is 18.4 Å². The Balaban J connectivity index is 2.21. The molecule has 0 unspecified atom stereocenters. The molecule has 0 bridgehead atoms. The molecule has 5 heteroatoms. The molecule has 2 heterocycles. The Morgan fingerprint density at radius 1 is 1.20 bits per heavy atom. The fourth-order valence-electron chi connectivity index (χ4n) is 2.67. The first-order chi connectivity index (χ1) is 9.62. The molecule has 1 amide bonds. The molecule has 1 aliphatic heterocycles. The third-order valence-electron chi connectivity index (χ3n) is 3.52. The average molecular weight is 289 g/mol. The molecule has 0 aliphatic carbocycles. The predicted molar refractivity (Wildman–Crippen MR) is 73.9 cm³/mol. The second-order valence-corrected chi connectivity index (χ2v) is 5.62. The molecule has 1 aliphatic rings. The number of Topliss-reactive ketones (excluding diaryl/α,β-unsaturated/α-hetero) is 1. The van der Waals surface area contributed by atoms with E-state index in [0.717, 1.165) is 5.56 Å². The third-order valence-corrected chi connectivity index (χ3v) is 4.20. The smallest absolute Gasteiger partial charge is 0.228 e. The normalized spacial score (nSPS) is 22.6. The summed E-state index contributed by atoms with van der Waals surface area (Å²) in [5, 5.41) is 6.52. The van der Waals surface area contributed by atoms with Gasteiger partial charge in [0.2, 0.25) is 5.91 Å². The number of hydrogen-bond donors (Lipinski definition) is 1. The minimum atomic E-state index is -1.09. The maximum absolute atomic E-state index is 14.2. The van der Waals surface area contributed by atoms with Crippen molar-refractivity contribution in [2.75, 3.05) is 0 Å². The lowest BCUT2D eigenvalue weighted by Gasteiger charge is -2.37. The van der Waals surface area contributed by atoms with Gasteiger partial charge in [0.15, 0.2) is 0 Å². The number of benzene rings is 1. The van der Waals surface area contributed by atoms with Crippen LogP contribution in [0.4, 0.5) is 4.39 Å². The molecule has 1 saturated heterocycles. The summed E-state index contributed by atoms with van der Waals surface area (Å²) in [5.41, 5.74) is -0.00796. The Bertz CT molecular complexity index is 650. The summed E-state index contributed by atoms with van der Waals surface area (Å²) < 4.78 is 14.2. The molecular formula is C15H12FNO2S. The molecule has 20 heavy (non-hydrogen) atoms. The summed E-state index contributed by atoms with van der Waals surface area (Å²) in [7, 11) is 0. The lowest BCUT2D eigenvalue weighted by atomic mass is 9.77. The maximum Gasteiger partial charge on any atom is 0.228 e. The van der Waals surface area contributed by atoms with Gasteiger partial charge in [-0.1, -0.05) is 18.2 Å². The summed E-state index contributed by atoms with van der Waals surface area (Å²) in [6.07, 6.45) is -0.0588. The lowest BCUT2D eigenvalue weighted by molar-refractivity contribution is -0.133. The van der Waals surface area contributed by atoms with Crippen LogP contribution < -0.4 is 5.32 Å². The topological polar surface area (TPSA) is 46.2 Å². The van der Waals surface area contributed by atoms with Gasteiger partial charge < -0.3 is 5.32 Å². The highest BCUT2D eigenvalue weighted by atomic mass is 32.1. The van der Waals surface area contributed by atoms with Crippen LogP contribution >= 0.6 is 11.3 Å². The monoisotopic (exact) mass is 289 g/mol. The first-order valence-corrected chi connectivity index (χ1v) is 7.16. The number of halogens is 1. The highest BCUT2D eigenvalue weighted by Crippen LogP contribution is 2.38. The van der Waals surface area contributed by atoms with E-state index in [9.17, 15) is 14.0 Å². The number of nitrogens with one attached hydrogen (secondary N) is 1. The fraction of sp³-hybridized carbons (Fsp3) is 0.200. The Morgan fingerprint density at radius 2 is 2.00 bits per heavy atom. The van der Waals surface area contributed by atoms with Gasteiger partial charge in [-0.15, -0.1) is 0 Å². The minimum absolute atomic E-state index is 0.0798. The molecule has 102 valence electrons. The van der Waals surface area contributed by atoms with Crippen molar-refractivity contribution in [1.82, 2.24) is 5.32 Å². The van der Waals surface area contributed by atoms with Crippen LogP contribution in [0.2, 0.25) is 0 Å². The van der Waals surface area contributed by atoms with E-state index in [1.165, 1.54) is 17.4 Å². The standard InChI is InChI=1S/C15H12FNO2S/c16-13-4-2-1-3-12(13)15(10-5-6-20-9-10)8-11(18)7-14(19)17-15/h1-6,9H,7-8H2,(H,17,19)/t15-/m1/s1. The van der Waals surface area contributed by atoms with Gasteiger partial charge in [0.05, 0.1) is 6.42 Å². The molecule has 3 nitrogen and oxygen atoms in total. The van der Waals surface area contributed by atoms with Gasteiger partial charge in [-0.2, -0.15) is 11.3 Å². The van der Waals surface area contributed by atoms with Crippen LogP contribution in [0.5, 0.6) is 0 Å². The van der Waals surface area contributed by atoms with E-state index in [1.807, 2.05) is 16.8 Å². The zero-order valence-corrected chi connectivity index (χ0v) is 11.4. The number of rotatable bonds is 2. The fourth-order valence-corrected chi connectivity index (χ4v) is 3.40. The Morgan fingerprint density at radius 3 is 2.65 bits per heavy atom. The van der Waals surface area contributed by atoms with Crippen LogP contribution in [0.1, 0.15) is 24.0 Å². The molecule has 0 saturated carbocycles. The Hall–Kier alpha value is -2.01. The maximum atomic E-state index is 14.2. The quantitative estimate of drug-likeness (QED) is 0.864. The van der Waals surface area contributed by atoms with Crippen molar-refractivity contribution in [2.24, 2.45) is 0 Å². The van der Waals surface area contributed by atoms with Crippen LogP contribution in [0.25, 0.3) is 0 Å². The zero-order valence-electron chi connectivity index (χ0n) is 10.6. The van der Waals surface area contributed by atoms with Gasteiger partial charge in [-0.25, -0.2) is 4.39 Å². The molecule has 0 spiro atoms. The molecule has 1 aromatic heterocycles. The van der Waals surface area contributed by atoms with Gasteiger partial charge in [0.1, 0.15) is 17.1 Å². The molecule has 1 N–H and O–H groups in total. The molecule has 3 rings (SSSR count). The van der Waals surface area contributed by atoms with Crippen LogP contribution in [0.15, 0.2) is 41.1 Å². The average Bonchev–Trinajstić information content (AvgIpc) is 2.92. The molecular weight excluding hydrogens is 277 g/mol. The zero-order chi connectivity index (χ0) is 14.2. The van der Waals surface area contributed by atoms with Gasteiger partial charge >= 0.3 is 0 Å². The Labute approximate surface area is 119 Å². The van der Waals surface area contributed by atoms with E-state index in [1.54, 1.807) is 18.2 Å². The van der Waals surface area contributed by atoms with Gasteiger partial charge in [-0.3, -0.25) is 9.59 Å². The summed E-state index contributed by atoms with van der Waals surface area (Å²) in [6, 6.07) is 8.07. The van der Waals surface area contributed by atoms with Crippen molar-refractivity contribution in [1.29, 1.82) is 0 Å². The van der Waals surface area contributed by atoms with E-state index < -0.39 is 11.4 Å². The Kier molecular flexibility index (Phi) is 3.14.